The zero-order valence-corrected chi connectivity index (χ0v) is 9.14. The number of aromatic nitrogens is 3. The van der Waals surface area contributed by atoms with Crippen LogP contribution in [0.4, 0.5) is 4.39 Å². The zero-order valence-electron chi connectivity index (χ0n) is 9.14. The van der Waals surface area contributed by atoms with Crippen LogP contribution in [0.15, 0.2) is 24.7 Å². The fourth-order valence-electron chi connectivity index (χ4n) is 1.30. The van der Waals surface area contributed by atoms with Crippen LogP contribution >= 0.6 is 0 Å². The molecule has 2 aromatic heterocycles. The molecule has 0 saturated heterocycles. The summed E-state index contributed by atoms with van der Waals surface area (Å²) in [7, 11) is 1.84. The number of ether oxygens (including phenoxy) is 1. The molecule has 0 N–H and O–H groups in total. The molecule has 0 aliphatic rings. The molecule has 0 spiro atoms. The second-order valence-electron chi connectivity index (χ2n) is 3.58. The molecule has 2 heterocycles. The first-order chi connectivity index (χ1) is 7.65. The van der Waals surface area contributed by atoms with Crippen LogP contribution < -0.4 is 4.74 Å². The molecule has 0 fully saturated rings. The lowest BCUT2D eigenvalue weighted by atomic mass is 10.3. The third-order valence-corrected chi connectivity index (χ3v) is 2.17. The molecule has 0 saturated carbocycles. The van der Waals surface area contributed by atoms with Crippen LogP contribution in [0.25, 0.3) is 0 Å². The molecule has 0 aliphatic carbocycles. The van der Waals surface area contributed by atoms with Crippen molar-refractivity contribution in [3.05, 3.63) is 41.6 Å². The lowest BCUT2D eigenvalue weighted by molar-refractivity contribution is 0.292. The average Bonchev–Trinajstić information content (AvgIpc) is 2.66. The fourth-order valence-corrected chi connectivity index (χ4v) is 1.30. The number of rotatable bonds is 3. The van der Waals surface area contributed by atoms with Crippen molar-refractivity contribution in [2.75, 3.05) is 0 Å². The van der Waals surface area contributed by atoms with Crippen LogP contribution in [0.3, 0.4) is 0 Å². The summed E-state index contributed by atoms with van der Waals surface area (Å²) in [6.45, 7) is 2.06. The van der Waals surface area contributed by atoms with Gasteiger partial charge < -0.3 is 4.74 Å². The molecule has 2 aromatic rings. The van der Waals surface area contributed by atoms with Gasteiger partial charge in [0.05, 0.1) is 12.4 Å². The third kappa shape index (κ3) is 2.36. The fraction of sp³-hybridized carbons (Fsp3) is 0.273. The normalized spacial score (nSPS) is 10.4. The van der Waals surface area contributed by atoms with Gasteiger partial charge in [0.2, 0.25) is 5.88 Å². The quantitative estimate of drug-likeness (QED) is 0.794. The first kappa shape index (κ1) is 10.6. The molecule has 0 radical (unpaired) electrons. The standard InChI is InChI=1S/C11H12FN3O/c1-8-3-11(13-5-10(8)12)16-7-9-4-14-15(2)6-9/h3-6H,7H2,1-2H3. The largest absolute Gasteiger partial charge is 0.473 e. The Balaban J connectivity index is 2.02. The minimum absolute atomic E-state index is 0.325. The highest BCUT2D eigenvalue weighted by molar-refractivity contribution is 5.20. The van der Waals surface area contributed by atoms with Crippen LogP contribution in [-0.4, -0.2) is 14.8 Å². The van der Waals surface area contributed by atoms with Crippen molar-refractivity contribution in [3.63, 3.8) is 0 Å². The van der Waals surface area contributed by atoms with Crippen molar-refractivity contribution in [1.29, 1.82) is 0 Å². The molecular formula is C11H12FN3O. The summed E-state index contributed by atoms with van der Waals surface area (Å²) in [4.78, 5) is 3.84. The van der Waals surface area contributed by atoms with Gasteiger partial charge in [-0.05, 0) is 12.5 Å². The number of pyridine rings is 1. The van der Waals surface area contributed by atoms with Crippen LogP contribution in [0.5, 0.6) is 5.88 Å². The van der Waals surface area contributed by atoms with Crippen LogP contribution in [0, 0.1) is 12.7 Å². The molecule has 0 aromatic carbocycles. The highest BCUT2D eigenvalue weighted by Crippen LogP contribution is 2.13. The number of halogens is 1. The summed E-state index contributed by atoms with van der Waals surface area (Å²) >= 11 is 0. The van der Waals surface area contributed by atoms with Crippen molar-refractivity contribution >= 4 is 0 Å². The smallest absolute Gasteiger partial charge is 0.213 e. The molecule has 0 atom stereocenters. The zero-order chi connectivity index (χ0) is 11.5. The maximum atomic E-state index is 12.9. The highest BCUT2D eigenvalue weighted by atomic mass is 19.1. The van der Waals surface area contributed by atoms with E-state index in [-0.39, 0.29) is 5.82 Å². The Hall–Kier alpha value is -1.91. The van der Waals surface area contributed by atoms with Gasteiger partial charge in [0, 0.05) is 24.9 Å². The van der Waals surface area contributed by atoms with E-state index >= 15 is 0 Å². The molecule has 4 nitrogen and oxygen atoms in total. The first-order valence-corrected chi connectivity index (χ1v) is 4.87. The van der Waals surface area contributed by atoms with Gasteiger partial charge in [0.15, 0.2) is 0 Å². The van der Waals surface area contributed by atoms with Gasteiger partial charge in [-0.25, -0.2) is 9.37 Å². The molecule has 5 heteroatoms. The van der Waals surface area contributed by atoms with Gasteiger partial charge in [0.25, 0.3) is 0 Å². The van der Waals surface area contributed by atoms with Crippen molar-refractivity contribution in [2.24, 2.45) is 7.05 Å². The Morgan fingerprint density at radius 3 is 2.88 bits per heavy atom. The summed E-state index contributed by atoms with van der Waals surface area (Å²) in [6.07, 6.45) is 4.74. The Labute approximate surface area is 92.7 Å². The predicted octanol–water partition coefficient (Wildman–Crippen LogP) is 1.84. The SMILES string of the molecule is Cc1cc(OCc2cnn(C)c2)ncc1F. The Morgan fingerprint density at radius 2 is 2.25 bits per heavy atom. The summed E-state index contributed by atoms with van der Waals surface area (Å²) in [5.41, 5.74) is 1.47. The van der Waals surface area contributed by atoms with Gasteiger partial charge in [-0.3, -0.25) is 4.68 Å². The molecule has 84 valence electrons. The van der Waals surface area contributed by atoms with E-state index in [1.807, 2.05) is 13.2 Å². The highest BCUT2D eigenvalue weighted by Gasteiger charge is 2.02. The van der Waals surface area contributed by atoms with E-state index in [9.17, 15) is 4.39 Å². The second-order valence-corrected chi connectivity index (χ2v) is 3.58. The maximum absolute atomic E-state index is 12.9. The number of nitrogens with zero attached hydrogens (tertiary/aromatic N) is 3. The van der Waals surface area contributed by atoms with Gasteiger partial charge >= 0.3 is 0 Å². The van der Waals surface area contributed by atoms with Crippen LogP contribution in [0.1, 0.15) is 11.1 Å². The van der Waals surface area contributed by atoms with Crippen molar-refractivity contribution < 1.29 is 9.13 Å². The van der Waals surface area contributed by atoms with Gasteiger partial charge in [-0.15, -0.1) is 0 Å². The van der Waals surface area contributed by atoms with E-state index in [0.29, 0.717) is 18.1 Å². The van der Waals surface area contributed by atoms with Crippen molar-refractivity contribution in [1.82, 2.24) is 14.8 Å². The predicted molar refractivity (Wildman–Crippen MR) is 56.5 cm³/mol. The Bertz CT molecular complexity index is 496. The minimum Gasteiger partial charge on any atom is -0.473 e. The third-order valence-electron chi connectivity index (χ3n) is 2.17. The summed E-state index contributed by atoms with van der Waals surface area (Å²) in [5, 5.41) is 4.02. The van der Waals surface area contributed by atoms with Gasteiger partial charge in [-0.2, -0.15) is 5.10 Å². The summed E-state index contributed by atoms with van der Waals surface area (Å²) in [5.74, 6) is 0.0940. The molecule has 16 heavy (non-hydrogen) atoms. The Kier molecular flexibility index (Phi) is 2.85. The minimum atomic E-state index is -0.325. The Morgan fingerprint density at radius 1 is 1.44 bits per heavy atom. The number of hydrogen-bond acceptors (Lipinski definition) is 3. The van der Waals surface area contributed by atoms with Crippen molar-refractivity contribution in [3.8, 4) is 5.88 Å². The van der Waals surface area contributed by atoms with E-state index in [0.717, 1.165) is 11.8 Å². The van der Waals surface area contributed by atoms with E-state index in [4.69, 9.17) is 4.74 Å². The molecule has 0 bridgehead atoms. The first-order valence-electron chi connectivity index (χ1n) is 4.87. The molecule has 0 amide bonds. The summed E-state index contributed by atoms with van der Waals surface area (Å²) < 4.78 is 20.0. The van der Waals surface area contributed by atoms with Crippen LogP contribution in [-0.2, 0) is 13.7 Å². The average molecular weight is 221 g/mol. The second kappa shape index (κ2) is 4.30. The number of hydrogen-bond donors (Lipinski definition) is 0. The molecule has 0 aliphatic heterocycles. The molecule has 2 rings (SSSR count). The molecular weight excluding hydrogens is 209 g/mol. The number of aryl methyl sites for hydroxylation is 2. The van der Waals surface area contributed by atoms with E-state index in [1.165, 1.54) is 0 Å². The van der Waals surface area contributed by atoms with Gasteiger partial charge in [0.1, 0.15) is 12.4 Å². The maximum Gasteiger partial charge on any atom is 0.213 e. The van der Waals surface area contributed by atoms with Crippen molar-refractivity contribution in [2.45, 2.75) is 13.5 Å². The molecule has 0 unspecified atom stereocenters. The monoisotopic (exact) mass is 221 g/mol. The lowest BCUT2D eigenvalue weighted by Gasteiger charge is -2.04. The lowest BCUT2D eigenvalue weighted by Crippen LogP contribution is -1.97. The summed E-state index contributed by atoms with van der Waals surface area (Å²) in [6, 6.07) is 1.58. The van der Waals surface area contributed by atoms with Crippen LogP contribution in [0.2, 0.25) is 0 Å². The van der Waals surface area contributed by atoms with E-state index in [1.54, 1.807) is 23.9 Å². The van der Waals surface area contributed by atoms with Gasteiger partial charge in [-0.1, -0.05) is 0 Å². The van der Waals surface area contributed by atoms with E-state index in [2.05, 4.69) is 10.1 Å². The van der Waals surface area contributed by atoms with E-state index < -0.39 is 0 Å². The topological polar surface area (TPSA) is 39.9 Å².